The molecule has 0 unspecified atom stereocenters. The number of carboxylic acids is 1. The van der Waals surface area contributed by atoms with Gasteiger partial charge in [0.1, 0.15) is 5.56 Å². The molecule has 1 aromatic heterocycles. The average molecular weight is 251 g/mol. The summed E-state index contributed by atoms with van der Waals surface area (Å²) in [6, 6.07) is 1.68. The third-order valence-corrected chi connectivity index (χ3v) is 2.17. The number of aromatic nitrogens is 1. The van der Waals surface area contributed by atoms with Crippen molar-refractivity contribution in [2.45, 2.75) is 26.3 Å². The van der Waals surface area contributed by atoms with E-state index in [4.69, 9.17) is 5.11 Å². The monoisotopic (exact) mass is 251 g/mol. The molecular formula is C12H17N3O3. The number of hydrogen-bond acceptors (Lipinski definition) is 4. The van der Waals surface area contributed by atoms with Crippen LogP contribution in [0.5, 0.6) is 0 Å². The molecule has 0 spiro atoms. The van der Waals surface area contributed by atoms with Crippen LogP contribution in [0.25, 0.3) is 0 Å². The van der Waals surface area contributed by atoms with Crippen LogP contribution in [0, 0.1) is 0 Å². The van der Waals surface area contributed by atoms with Crippen molar-refractivity contribution in [3.8, 4) is 0 Å². The summed E-state index contributed by atoms with van der Waals surface area (Å²) >= 11 is 0. The van der Waals surface area contributed by atoms with Gasteiger partial charge >= 0.3 is 5.97 Å². The fourth-order valence-electron chi connectivity index (χ4n) is 1.42. The molecule has 3 N–H and O–H groups in total. The molecule has 6 heteroatoms. The number of nitrogens with zero attached hydrogens (tertiary/aromatic N) is 1. The third kappa shape index (κ3) is 4.40. The van der Waals surface area contributed by atoms with Crippen LogP contribution in [0.15, 0.2) is 18.5 Å². The van der Waals surface area contributed by atoms with Gasteiger partial charge in [0.25, 0.3) is 0 Å². The molecule has 1 rings (SSSR count). The lowest BCUT2D eigenvalue weighted by Crippen LogP contribution is -2.31. The molecule has 1 heterocycles. The number of carbonyl (C=O) groups is 2. The van der Waals surface area contributed by atoms with Crippen molar-refractivity contribution in [2.75, 3.05) is 11.9 Å². The number of anilines is 1. The summed E-state index contributed by atoms with van der Waals surface area (Å²) in [5, 5.41) is 14.6. The number of rotatable bonds is 6. The van der Waals surface area contributed by atoms with Crippen molar-refractivity contribution in [3.05, 3.63) is 24.0 Å². The van der Waals surface area contributed by atoms with E-state index >= 15 is 0 Å². The summed E-state index contributed by atoms with van der Waals surface area (Å²) in [4.78, 5) is 26.0. The van der Waals surface area contributed by atoms with E-state index in [-0.39, 0.29) is 17.5 Å². The van der Waals surface area contributed by atoms with Gasteiger partial charge in [-0.3, -0.25) is 9.78 Å². The molecule has 0 saturated heterocycles. The zero-order chi connectivity index (χ0) is 13.5. The molecule has 1 aromatic rings. The Kier molecular flexibility index (Phi) is 5.10. The highest BCUT2D eigenvalue weighted by molar-refractivity contribution is 5.93. The Hall–Kier alpha value is -2.11. The molecule has 0 aliphatic rings. The van der Waals surface area contributed by atoms with Gasteiger partial charge in [-0.25, -0.2) is 4.79 Å². The van der Waals surface area contributed by atoms with Gasteiger partial charge in [-0.2, -0.15) is 0 Å². The second-order valence-corrected chi connectivity index (χ2v) is 4.13. The number of pyridine rings is 1. The van der Waals surface area contributed by atoms with Crippen LogP contribution >= 0.6 is 0 Å². The summed E-state index contributed by atoms with van der Waals surface area (Å²) in [6.45, 7) is 4.15. The van der Waals surface area contributed by atoms with E-state index in [1.807, 2.05) is 13.8 Å². The van der Waals surface area contributed by atoms with E-state index in [0.29, 0.717) is 18.7 Å². The van der Waals surface area contributed by atoms with Crippen LogP contribution in [0.3, 0.4) is 0 Å². The summed E-state index contributed by atoms with van der Waals surface area (Å²) in [6.07, 6.45) is 3.07. The number of carboxylic acid groups (broad SMARTS) is 1. The van der Waals surface area contributed by atoms with Gasteiger partial charge in [0.15, 0.2) is 0 Å². The number of nitrogens with one attached hydrogen (secondary N) is 2. The first-order valence-corrected chi connectivity index (χ1v) is 5.71. The first-order chi connectivity index (χ1) is 8.50. The molecule has 0 saturated carbocycles. The van der Waals surface area contributed by atoms with Crippen LogP contribution in [0.4, 0.5) is 5.69 Å². The summed E-state index contributed by atoms with van der Waals surface area (Å²) in [7, 11) is 0. The normalized spacial score (nSPS) is 10.2. The van der Waals surface area contributed by atoms with E-state index < -0.39 is 5.97 Å². The molecule has 6 nitrogen and oxygen atoms in total. The Bertz CT molecular complexity index is 432. The fraction of sp³-hybridized carbons (Fsp3) is 0.417. The molecule has 0 aliphatic heterocycles. The highest BCUT2D eigenvalue weighted by Crippen LogP contribution is 2.12. The first-order valence-electron chi connectivity index (χ1n) is 5.71. The van der Waals surface area contributed by atoms with Gasteiger partial charge in [0.05, 0.1) is 5.69 Å². The molecule has 1 amide bonds. The first kappa shape index (κ1) is 14.0. The predicted octanol–water partition coefficient (Wildman–Crippen LogP) is 1.11. The van der Waals surface area contributed by atoms with Crippen LogP contribution in [-0.2, 0) is 4.79 Å². The Balaban J connectivity index is 2.49. The Morgan fingerprint density at radius 3 is 2.78 bits per heavy atom. The van der Waals surface area contributed by atoms with E-state index in [2.05, 4.69) is 15.6 Å². The van der Waals surface area contributed by atoms with Gasteiger partial charge in [-0.1, -0.05) is 0 Å². The molecule has 0 radical (unpaired) electrons. The molecule has 0 bridgehead atoms. The maximum absolute atomic E-state index is 11.4. The Labute approximate surface area is 105 Å². The Morgan fingerprint density at radius 1 is 1.44 bits per heavy atom. The second kappa shape index (κ2) is 6.58. The summed E-state index contributed by atoms with van der Waals surface area (Å²) in [5.41, 5.74) is 0.566. The van der Waals surface area contributed by atoms with Crippen LogP contribution in [-0.4, -0.2) is 34.6 Å². The van der Waals surface area contributed by atoms with E-state index in [1.54, 1.807) is 6.07 Å². The minimum Gasteiger partial charge on any atom is -0.478 e. The van der Waals surface area contributed by atoms with Crippen molar-refractivity contribution in [1.29, 1.82) is 0 Å². The molecule has 0 atom stereocenters. The zero-order valence-electron chi connectivity index (χ0n) is 10.4. The number of carbonyl (C=O) groups excluding carboxylic acids is 1. The minimum atomic E-state index is -1.04. The van der Waals surface area contributed by atoms with Gasteiger partial charge in [-0.15, -0.1) is 0 Å². The summed E-state index contributed by atoms with van der Waals surface area (Å²) in [5.74, 6) is -1.11. The molecule has 0 aliphatic carbocycles. The maximum Gasteiger partial charge on any atom is 0.339 e. The molecule has 18 heavy (non-hydrogen) atoms. The Morgan fingerprint density at radius 2 is 2.17 bits per heavy atom. The van der Waals surface area contributed by atoms with Gasteiger partial charge in [-0.05, 0) is 19.9 Å². The van der Waals surface area contributed by atoms with E-state index in [0.717, 1.165) is 0 Å². The van der Waals surface area contributed by atoms with Crippen LogP contribution in [0.2, 0.25) is 0 Å². The average Bonchev–Trinajstić information content (AvgIpc) is 2.28. The fourth-order valence-corrected chi connectivity index (χ4v) is 1.42. The lowest BCUT2D eigenvalue weighted by molar-refractivity contribution is -0.121. The predicted molar refractivity (Wildman–Crippen MR) is 67.6 cm³/mol. The smallest absolute Gasteiger partial charge is 0.339 e. The SMILES string of the molecule is CC(C)NC(=O)CCNc1ccncc1C(=O)O. The van der Waals surface area contributed by atoms with Gasteiger partial charge in [0, 0.05) is 31.4 Å². The van der Waals surface area contributed by atoms with Crippen molar-refractivity contribution in [3.63, 3.8) is 0 Å². The third-order valence-electron chi connectivity index (χ3n) is 2.17. The van der Waals surface area contributed by atoms with Crippen LogP contribution in [0.1, 0.15) is 30.6 Å². The van der Waals surface area contributed by atoms with Gasteiger partial charge in [0.2, 0.25) is 5.91 Å². The zero-order valence-corrected chi connectivity index (χ0v) is 10.4. The van der Waals surface area contributed by atoms with Crippen molar-refractivity contribution < 1.29 is 14.7 Å². The lowest BCUT2D eigenvalue weighted by atomic mass is 10.2. The maximum atomic E-state index is 11.4. The summed E-state index contributed by atoms with van der Waals surface area (Å²) < 4.78 is 0. The van der Waals surface area contributed by atoms with E-state index in [1.165, 1.54) is 12.4 Å². The van der Waals surface area contributed by atoms with Crippen molar-refractivity contribution in [1.82, 2.24) is 10.3 Å². The highest BCUT2D eigenvalue weighted by Gasteiger charge is 2.09. The molecule has 98 valence electrons. The number of hydrogen-bond donors (Lipinski definition) is 3. The quantitative estimate of drug-likeness (QED) is 0.704. The topological polar surface area (TPSA) is 91.3 Å². The standard InChI is InChI=1S/C12H17N3O3/c1-8(2)15-11(16)4-6-14-10-3-5-13-7-9(10)12(17)18/h3,5,7-8H,4,6H2,1-2H3,(H,13,14)(H,15,16)(H,17,18). The largest absolute Gasteiger partial charge is 0.478 e. The molecule has 0 aromatic carbocycles. The lowest BCUT2D eigenvalue weighted by Gasteiger charge is -2.10. The van der Waals surface area contributed by atoms with Crippen LogP contribution < -0.4 is 10.6 Å². The van der Waals surface area contributed by atoms with Crippen molar-refractivity contribution in [2.24, 2.45) is 0 Å². The molecule has 0 fully saturated rings. The number of amides is 1. The highest BCUT2D eigenvalue weighted by atomic mass is 16.4. The van der Waals surface area contributed by atoms with Crippen molar-refractivity contribution >= 4 is 17.6 Å². The van der Waals surface area contributed by atoms with E-state index in [9.17, 15) is 9.59 Å². The van der Waals surface area contributed by atoms with Gasteiger partial charge < -0.3 is 15.7 Å². The molecular weight excluding hydrogens is 234 g/mol. The number of aromatic carboxylic acids is 1. The second-order valence-electron chi connectivity index (χ2n) is 4.13. The minimum absolute atomic E-state index is 0.0663.